The van der Waals surface area contributed by atoms with Crippen LogP contribution in [-0.2, 0) is 0 Å². The quantitative estimate of drug-likeness (QED) is 0.541. The summed E-state index contributed by atoms with van der Waals surface area (Å²) in [7, 11) is 1.66. The van der Waals surface area contributed by atoms with Crippen LogP contribution in [0.5, 0.6) is 5.75 Å². The molecule has 0 aliphatic carbocycles. The number of hydrogen-bond acceptors (Lipinski definition) is 6. The average Bonchev–Trinajstić information content (AvgIpc) is 3.13. The van der Waals surface area contributed by atoms with E-state index in [2.05, 4.69) is 15.3 Å². The Bertz CT molecular complexity index is 986. The van der Waals surface area contributed by atoms with Crippen LogP contribution in [0.3, 0.4) is 0 Å². The second kappa shape index (κ2) is 7.33. The highest BCUT2D eigenvalue weighted by atomic mass is 32.1. The van der Waals surface area contributed by atoms with Crippen molar-refractivity contribution in [3.05, 3.63) is 73.3 Å². The second-order valence-electron chi connectivity index (χ2n) is 5.53. The fourth-order valence-corrected chi connectivity index (χ4v) is 3.59. The smallest absolute Gasteiger partial charge is 0.188 e. The molecule has 0 saturated heterocycles. The van der Waals surface area contributed by atoms with E-state index in [9.17, 15) is 0 Å². The van der Waals surface area contributed by atoms with Crippen LogP contribution in [0.2, 0.25) is 0 Å². The first-order chi connectivity index (χ1) is 12.8. The number of aromatic nitrogens is 3. The van der Waals surface area contributed by atoms with Crippen molar-refractivity contribution >= 4 is 22.2 Å². The minimum Gasteiger partial charge on any atom is -0.497 e. The Balaban J connectivity index is 1.77. The Kier molecular flexibility index (Phi) is 4.57. The number of nitrogens with one attached hydrogen (secondary N) is 1. The van der Waals surface area contributed by atoms with Gasteiger partial charge >= 0.3 is 0 Å². The van der Waals surface area contributed by atoms with Crippen molar-refractivity contribution < 1.29 is 4.74 Å². The molecule has 0 unspecified atom stereocenters. The molecule has 6 heteroatoms. The summed E-state index contributed by atoms with van der Waals surface area (Å²) in [5.74, 6) is 0.822. The summed E-state index contributed by atoms with van der Waals surface area (Å²) in [6, 6.07) is 15.8. The van der Waals surface area contributed by atoms with Gasteiger partial charge in [-0.2, -0.15) is 0 Å². The maximum Gasteiger partial charge on any atom is 0.188 e. The van der Waals surface area contributed by atoms with Crippen molar-refractivity contribution in [1.29, 1.82) is 0 Å². The molecule has 128 valence electrons. The van der Waals surface area contributed by atoms with Gasteiger partial charge in [-0.15, -0.1) is 0 Å². The molecule has 4 aromatic rings. The first-order valence-electron chi connectivity index (χ1n) is 8.06. The van der Waals surface area contributed by atoms with Crippen LogP contribution in [-0.4, -0.2) is 22.1 Å². The molecule has 26 heavy (non-hydrogen) atoms. The standard InChI is InChI=1S/C20H16N4OS/c1-25-17-6-4-14(5-7-17)18-19(15-8-11-21-12-9-15)26-20(24-18)23-16-3-2-10-22-13-16/h2-13H,1H3,(H,23,24). The van der Waals surface area contributed by atoms with Gasteiger partial charge in [0.1, 0.15) is 5.75 Å². The second-order valence-corrected chi connectivity index (χ2v) is 6.53. The van der Waals surface area contributed by atoms with Crippen molar-refractivity contribution in [2.24, 2.45) is 0 Å². The van der Waals surface area contributed by atoms with Crippen LogP contribution in [0.15, 0.2) is 73.3 Å². The van der Waals surface area contributed by atoms with Gasteiger partial charge < -0.3 is 10.1 Å². The third-order valence-electron chi connectivity index (χ3n) is 3.85. The zero-order chi connectivity index (χ0) is 17.8. The summed E-state index contributed by atoms with van der Waals surface area (Å²) >= 11 is 1.60. The third-order valence-corrected chi connectivity index (χ3v) is 4.87. The molecule has 0 amide bonds. The topological polar surface area (TPSA) is 59.9 Å². The van der Waals surface area contributed by atoms with Gasteiger partial charge in [-0.3, -0.25) is 9.97 Å². The molecule has 3 aromatic heterocycles. The summed E-state index contributed by atoms with van der Waals surface area (Å²) in [6.07, 6.45) is 7.11. The maximum absolute atomic E-state index is 5.26. The summed E-state index contributed by atoms with van der Waals surface area (Å²) in [6.45, 7) is 0. The first kappa shape index (κ1) is 16.2. The lowest BCUT2D eigenvalue weighted by Gasteiger charge is -2.04. The minimum absolute atomic E-state index is 0.815. The zero-order valence-corrected chi connectivity index (χ0v) is 14.9. The Morgan fingerprint density at radius 3 is 2.38 bits per heavy atom. The predicted molar refractivity (Wildman–Crippen MR) is 105 cm³/mol. The highest BCUT2D eigenvalue weighted by Gasteiger charge is 2.15. The number of benzene rings is 1. The van der Waals surface area contributed by atoms with Crippen molar-refractivity contribution in [2.45, 2.75) is 0 Å². The molecule has 1 N–H and O–H groups in total. The summed E-state index contributed by atoms with van der Waals surface area (Å²) < 4.78 is 5.26. The van der Waals surface area contributed by atoms with E-state index >= 15 is 0 Å². The molecule has 0 aliphatic heterocycles. The first-order valence-corrected chi connectivity index (χ1v) is 8.88. The average molecular weight is 360 g/mol. The molecular weight excluding hydrogens is 344 g/mol. The Labute approximate surface area is 155 Å². The van der Waals surface area contributed by atoms with Crippen molar-refractivity contribution in [3.8, 4) is 27.4 Å². The number of rotatable bonds is 5. The highest BCUT2D eigenvalue weighted by molar-refractivity contribution is 7.19. The van der Waals surface area contributed by atoms with Crippen LogP contribution in [0.4, 0.5) is 10.8 Å². The van der Waals surface area contributed by atoms with Crippen LogP contribution >= 0.6 is 11.3 Å². The number of hydrogen-bond donors (Lipinski definition) is 1. The molecule has 3 heterocycles. The summed E-state index contributed by atoms with van der Waals surface area (Å²) in [5.41, 5.74) is 3.95. The number of nitrogens with zero attached hydrogens (tertiary/aromatic N) is 3. The van der Waals surface area contributed by atoms with Crippen molar-refractivity contribution in [2.75, 3.05) is 12.4 Å². The molecule has 5 nitrogen and oxygen atoms in total. The molecule has 0 bridgehead atoms. The summed E-state index contributed by atoms with van der Waals surface area (Å²) in [5, 5.41) is 4.15. The van der Waals surface area contributed by atoms with Crippen molar-refractivity contribution in [3.63, 3.8) is 0 Å². The fraction of sp³-hybridized carbons (Fsp3) is 0.0500. The lowest BCUT2D eigenvalue weighted by Crippen LogP contribution is -1.90. The number of methoxy groups -OCH3 is 1. The number of ether oxygens (including phenoxy) is 1. The monoisotopic (exact) mass is 360 g/mol. The van der Waals surface area contributed by atoms with E-state index in [4.69, 9.17) is 9.72 Å². The molecule has 0 atom stereocenters. The number of anilines is 2. The highest BCUT2D eigenvalue weighted by Crippen LogP contribution is 2.40. The van der Waals surface area contributed by atoms with Gasteiger partial charge in [-0.1, -0.05) is 11.3 Å². The normalized spacial score (nSPS) is 10.5. The molecule has 0 fully saturated rings. The van der Waals surface area contributed by atoms with Gasteiger partial charge in [0.05, 0.1) is 29.6 Å². The SMILES string of the molecule is COc1ccc(-c2nc(Nc3cccnc3)sc2-c2ccncc2)cc1. The van der Waals surface area contributed by atoms with E-state index in [1.165, 1.54) is 0 Å². The molecule has 0 saturated carbocycles. The Morgan fingerprint density at radius 1 is 0.885 bits per heavy atom. The van der Waals surface area contributed by atoms with Gasteiger partial charge in [-0.05, 0) is 54.1 Å². The van der Waals surface area contributed by atoms with E-state index < -0.39 is 0 Å². The Hall–Kier alpha value is -3.25. The van der Waals surface area contributed by atoms with Crippen molar-refractivity contribution in [1.82, 2.24) is 15.0 Å². The van der Waals surface area contributed by atoms with Gasteiger partial charge in [0.25, 0.3) is 0 Å². The Morgan fingerprint density at radius 2 is 1.69 bits per heavy atom. The van der Waals surface area contributed by atoms with Crippen LogP contribution in [0.25, 0.3) is 21.7 Å². The molecule has 0 radical (unpaired) electrons. The van der Waals surface area contributed by atoms with Crippen LogP contribution in [0, 0.1) is 0 Å². The largest absolute Gasteiger partial charge is 0.497 e. The predicted octanol–water partition coefficient (Wildman–Crippen LogP) is 5.02. The van der Waals surface area contributed by atoms with Gasteiger partial charge in [-0.25, -0.2) is 4.98 Å². The van der Waals surface area contributed by atoms with Gasteiger partial charge in [0, 0.05) is 24.2 Å². The lowest BCUT2D eigenvalue weighted by molar-refractivity contribution is 0.415. The molecule has 0 spiro atoms. The molecular formula is C20H16N4OS. The van der Waals surface area contributed by atoms with Gasteiger partial charge in [0.2, 0.25) is 0 Å². The van der Waals surface area contributed by atoms with Gasteiger partial charge in [0.15, 0.2) is 5.13 Å². The molecule has 1 aromatic carbocycles. The minimum atomic E-state index is 0.815. The zero-order valence-electron chi connectivity index (χ0n) is 14.1. The van der Waals surface area contributed by atoms with E-state index in [1.807, 2.05) is 48.5 Å². The van der Waals surface area contributed by atoms with E-state index in [0.717, 1.165) is 38.3 Å². The van der Waals surface area contributed by atoms with E-state index in [1.54, 1.807) is 43.2 Å². The molecule has 0 aliphatic rings. The summed E-state index contributed by atoms with van der Waals surface area (Å²) in [4.78, 5) is 14.2. The van der Waals surface area contributed by atoms with Crippen LogP contribution in [0.1, 0.15) is 0 Å². The lowest BCUT2D eigenvalue weighted by atomic mass is 10.1. The van der Waals surface area contributed by atoms with E-state index in [-0.39, 0.29) is 0 Å². The molecule has 4 rings (SSSR count). The third kappa shape index (κ3) is 3.41. The number of thiazole rings is 1. The van der Waals surface area contributed by atoms with E-state index in [0.29, 0.717) is 0 Å². The number of pyridine rings is 2. The fourth-order valence-electron chi connectivity index (χ4n) is 2.58. The van der Waals surface area contributed by atoms with Crippen LogP contribution < -0.4 is 10.1 Å². The maximum atomic E-state index is 5.26.